The number of hydrogen-bond donors (Lipinski definition) is 1. The van der Waals surface area contributed by atoms with E-state index in [0.717, 1.165) is 12.5 Å². The molecule has 1 unspecified atom stereocenters. The van der Waals surface area contributed by atoms with E-state index in [4.69, 9.17) is 4.42 Å². The first-order chi connectivity index (χ1) is 9.13. The van der Waals surface area contributed by atoms with Crippen molar-refractivity contribution in [2.24, 2.45) is 11.8 Å². The van der Waals surface area contributed by atoms with Gasteiger partial charge in [-0.1, -0.05) is 6.92 Å². The molecule has 1 aliphatic carbocycles. The number of non-ortho nitro benzene ring substituents is 1. The van der Waals surface area contributed by atoms with E-state index in [-0.39, 0.29) is 5.69 Å². The first-order valence-electron chi connectivity index (χ1n) is 6.42. The van der Waals surface area contributed by atoms with Crippen LogP contribution in [-0.2, 0) is 0 Å². The summed E-state index contributed by atoms with van der Waals surface area (Å²) < 4.78 is 5.51. The van der Waals surface area contributed by atoms with Gasteiger partial charge in [-0.05, 0) is 30.7 Å². The summed E-state index contributed by atoms with van der Waals surface area (Å²) in [6.07, 6.45) is 2.62. The van der Waals surface area contributed by atoms with Crippen LogP contribution in [0.25, 0.3) is 11.1 Å². The van der Waals surface area contributed by atoms with E-state index >= 15 is 0 Å². The molecule has 0 saturated heterocycles. The minimum absolute atomic E-state index is 0.0266. The van der Waals surface area contributed by atoms with E-state index in [1.54, 1.807) is 6.07 Å². The average Bonchev–Trinajstić information content (AvgIpc) is 3.15. The van der Waals surface area contributed by atoms with Gasteiger partial charge in [0, 0.05) is 18.7 Å². The maximum atomic E-state index is 10.7. The fourth-order valence-electron chi connectivity index (χ4n) is 2.19. The summed E-state index contributed by atoms with van der Waals surface area (Å²) in [7, 11) is 0. The van der Waals surface area contributed by atoms with Gasteiger partial charge in [0.1, 0.15) is 5.52 Å². The highest BCUT2D eigenvalue weighted by molar-refractivity contribution is 5.77. The first kappa shape index (κ1) is 12.0. The Labute approximate surface area is 110 Å². The van der Waals surface area contributed by atoms with Crippen LogP contribution in [0.4, 0.5) is 11.7 Å². The summed E-state index contributed by atoms with van der Waals surface area (Å²) in [6, 6.07) is 4.86. The monoisotopic (exact) mass is 261 g/mol. The number of nitro benzene ring substituents is 1. The number of nitro groups is 1. The van der Waals surface area contributed by atoms with Gasteiger partial charge in [-0.3, -0.25) is 10.1 Å². The molecule has 2 aromatic rings. The minimum atomic E-state index is -0.434. The second-order valence-corrected chi connectivity index (χ2v) is 5.12. The molecule has 3 rings (SSSR count). The largest absolute Gasteiger partial charge is 0.424 e. The number of oxazole rings is 1. The first-order valence-corrected chi connectivity index (χ1v) is 6.42. The fraction of sp³-hybridized carbons (Fsp3) is 0.462. The molecular formula is C13H15N3O3. The van der Waals surface area contributed by atoms with Crippen molar-refractivity contribution in [1.82, 2.24) is 4.98 Å². The van der Waals surface area contributed by atoms with Crippen LogP contribution in [0, 0.1) is 22.0 Å². The smallest absolute Gasteiger partial charge is 0.295 e. The number of nitrogens with one attached hydrogen (secondary N) is 1. The topological polar surface area (TPSA) is 81.2 Å². The Morgan fingerprint density at radius 1 is 1.58 bits per heavy atom. The van der Waals surface area contributed by atoms with Crippen LogP contribution in [0.1, 0.15) is 19.8 Å². The van der Waals surface area contributed by atoms with Crippen molar-refractivity contribution in [3.63, 3.8) is 0 Å². The zero-order valence-corrected chi connectivity index (χ0v) is 10.6. The third-order valence-electron chi connectivity index (χ3n) is 3.58. The molecule has 0 radical (unpaired) electrons. The number of hydrogen-bond acceptors (Lipinski definition) is 5. The lowest BCUT2D eigenvalue weighted by Gasteiger charge is -2.08. The van der Waals surface area contributed by atoms with Crippen LogP contribution in [0.5, 0.6) is 0 Å². The minimum Gasteiger partial charge on any atom is -0.424 e. The van der Waals surface area contributed by atoms with Crippen molar-refractivity contribution in [2.75, 3.05) is 11.9 Å². The van der Waals surface area contributed by atoms with E-state index in [2.05, 4.69) is 17.2 Å². The lowest BCUT2D eigenvalue weighted by atomic mass is 10.1. The average molecular weight is 261 g/mol. The van der Waals surface area contributed by atoms with Gasteiger partial charge >= 0.3 is 0 Å². The van der Waals surface area contributed by atoms with Gasteiger partial charge in [0.15, 0.2) is 5.58 Å². The third-order valence-corrected chi connectivity index (χ3v) is 3.58. The van der Waals surface area contributed by atoms with Gasteiger partial charge in [-0.15, -0.1) is 0 Å². The van der Waals surface area contributed by atoms with E-state index in [9.17, 15) is 10.1 Å². The molecule has 1 atom stereocenters. The van der Waals surface area contributed by atoms with Crippen LogP contribution in [-0.4, -0.2) is 16.5 Å². The highest BCUT2D eigenvalue weighted by atomic mass is 16.6. The Balaban J connectivity index is 1.75. The van der Waals surface area contributed by atoms with E-state index < -0.39 is 4.92 Å². The maximum Gasteiger partial charge on any atom is 0.295 e. The van der Waals surface area contributed by atoms with Crippen LogP contribution in [0.2, 0.25) is 0 Å². The Morgan fingerprint density at radius 3 is 3.05 bits per heavy atom. The summed E-state index contributed by atoms with van der Waals surface area (Å²) in [5, 5.41) is 13.8. The summed E-state index contributed by atoms with van der Waals surface area (Å²) in [4.78, 5) is 14.5. The molecule has 0 spiro atoms. The molecule has 1 aromatic carbocycles. The van der Waals surface area contributed by atoms with Gasteiger partial charge in [0.05, 0.1) is 4.92 Å². The van der Waals surface area contributed by atoms with Crippen LogP contribution < -0.4 is 5.32 Å². The molecule has 6 nitrogen and oxygen atoms in total. The summed E-state index contributed by atoms with van der Waals surface area (Å²) in [5.74, 6) is 1.42. The molecule has 1 fully saturated rings. The normalized spacial score (nSPS) is 16.5. The zero-order valence-electron chi connectivity index (χ0n) is 10.6. The predicted molar refractivity (Wildman–Crippen MR) is 71.0 cm³/mol. The molecule has 100 valence electrons. The van der Waals surface area contributed by atoms with Gasteiger partial charge in [-0.2, -0.15) is 4.98 Å². The second kappa shape index (κ2) is 4.53. The number of anilines is 1. The SMILES string of the molecule is CC(CNc1nc2cc([N+](=O)[O-])ccc2o1)C1CC1. The summed E-state index contributed by atoms with van der Waals surface area (Å²) in [6.45, 7) is 3.03. The molecule has 0 aliphatic heterocycles. The molecule has 1 N–H and O–H groups in total. The van der Waals surface area contributed by atoms with Gasteiger partial charge in [0.2, 0.25) is 0 Å². The molecule has 0 amide bonds. The molecular weight excluding hydrogens is 246 g/mol. The Morgan fingerprint density at radius 2 is 2.37 bits per heavy atom. The molecule has 0 bridgehead atoms. The number of rotatable bonds is 5. The van der Waals surface area contributed by atoms with Crippen LogP contribution in [0.3, 0.4) is 0 Å². The second-order valence-electron chi connectivity index (χ2n) is 5.12. The highest BCUT2D eigenvalue weighted by Crippen LogP contribution is 2.36. The van der Waals surface area contributed by atoms with Gasteiger partial charge < -0.3 is 9.73 Å². The quantitative estimate of drug-likeness (QED) is 0.660. The third kappa shape index (κ3) is 2.52. The summed E-state index contributed by atoms with van der Waals surface area (Å²) >= 11 is 0. The number of benzene rings is 1. The van der Waals surface area contributed by atoms with Crippen LogP contribution >= 0.6 is 0 Å². The molecule has 1 heterocycles. The molecule has 1 aromatic heterocycles. The number of aromatic nitrogens is 1. The summed E-state index contributed by atoms with van der Waals surface area (Å²) in [5.41, 5.74) is 1.10. The highest BCUT2D eigenvalue weighted by Gasteiger charge is 2.27. The van der Waals surface area contributed by atoms with Crippen LogP contribution in [0.15, 0.2) is 22.6 Å². The number of nitrogens with zero attached hydrogens (tertiary/aromatic N) is 2. The van der Waals surface area contributed by atoms with Crippen molar-refractivity contribution in [3.8, 4) is 0 Å². The molecule has 6 heteroatoms. The Hall–Kier alpha value is -2.11. The molecule has 1 aliphatic rings. The van der Waals surface area contributed by atoms with Gasteiger partial charge in [0.25, 0.3) is 11.7 Å². The van der Waals surface area contributed by atoms with E-state index in [0.29, 0.717) is 23.0 Å². The van der Waals surface area contributed by atoms with E-state index in [1.165, 1.54) is 25.0 Å². The van der Waals surface area contributed by atoms with Crippen molar-refractivity contribution in [3.05, 3.63) is 28.3 Å². The molecule has 19 heavy (non-hydrogen) atoms. The number of fused-ring (bicyclic) bond motifs is 1. The predicted octanol–water partition coefficient (Wildman–Crippen LogP) is 3.19. The fourth-order valence-corrected chi connectivity index (χ4v) is 2.19. The maximum absolute atomic E-state index is 10.7. The van der Waals surface area contributed by atoms with Crippen molar-refractivity contribution >= 4 is 22.8 Å². The lowest BCUT2D eigenvalue weighted by molar-refractivity contribution is -0.384. The standard InChI is InChI=1S/C13H15N3O3/c1-8(9-2-3-9)7-14-13-15-11-6-10(16(17)18)4-5-12(11)19-13/h4-6,8-9H,2-3,7H2,1H3,(H,14,15). The van der Waals surface area contributed by atoms with Crippen molar-refractivity contribution in [1.29, 1.82) is 0 Å². The Bertz CT molecular complexity index is 619. The van der Waals surface area contributed by atoms with Crippen molar-refractivity contribution < 1.29 is 9.34 Å². The van der Waals surface area contributed by atoms with Crippen molar-refractivity contribution in [2.45, 2.75) is 19.8 Å². The molecule has 1 saturated carbocycles. The lowest BCUT2D eigenvalue weighted by Crippen LogP contribution is -2.12. The van der Waals surface area contributed by atoms with Gasteiger partial charge in [-0.25, -0.2) is 0 Å². The zero-order chi connectivity index (χ0) is 13.4. The Kier molecular flexibility index (Phi) is 2.85. The van der Waals surface area contributed by atoms with E-state index in [1.807, 2.05) is 0 Å².